The average Bonchev–Trinajstić information content (AvgIpc) is 2.15. The van der Waals surface area contributed by atoms with Gasteiger partial charge in [0.05, 0.1) is 18.2 Å². The van der Waals surface area contributed by atoms with Crippen molar-refractivity contribution in [3.05, 3.63) is 45.3 Å². The first-order chi connectivity index (χ1) is 6.29. The van der Waals surface area contributed by atoms with E-state index in [1.165, 1.54) is 0 Å². The van der Waals surface area contributed by atoms with E-state index in [0.29, 0.717) is 5.56 Å². The number of rotatable bonds is 2. The van der Waals surface area contributed by atoms with E-state index >= 15 is 0 Å². The van der Waals surface area contributed by atoms with Gasteiger partial charge in [-0.15, -0.1) is 0 Å². The summed E-state index contributed by atoms with van der Waals surface area (Å²) >= 11 is 0. The Kier molecular flexibility index (Phi) is 2.91. The van der Waals surface area contributed by atoms with Crippen LogP contribution in [0, 0.1) is 18.3 Å². The van der Waals surface area contributed by atoms with Gasteiger partial charge in [-0.1, -0.05) is 23.3 Å². The average molecular weight is 172 g/mol. The first kappa shape index (κ1) is 9.11. The summed E-state index contributed by atoms with van der Waals surface area (Å²) in [6.45, 7) is 2.10. The zero-order chi connectivity index (χ0) is 9.68. The zero-order valence-electron chi connectivity index (χ0n) is 7.23. The second kappa shape index (κ2) is 4.15. The lowest BCUT2D eigenvalue weighted by Crippen LogP contribution is -1.90. The van der Waals surface area contributed by atoms with Crippen LogP contribution in [0.4, 0.5) is 0 Å². The Hall–Kier alpha value is -1.98. The molecule has 0 bridgehead atoms. The van der Waals surface area contributed by atoms with Crippen LogP contribution in [-0.2, 0) is 6.54 Å². The Bertz CT molecular complexity index is 397. The van der Waals surface area contributed by atoms with Crippen molar-refractivity contribution in [3.8, 4) is 6.07 Å². The highest BCUT2D eigenvalue weighted by atomic mass is 15.1. The van der Waals surface area contributed by atoms with E-state index < -0.39 is 0 Å². The largest absolute Gasteiger partial charge is 0.192 e. The van der Waals surface area contributed by atoms with E-state index in [9.17, 15) is 0 Å². The number of nitriles is 1. The number of benzene rings is 1. The molecule has 1 aromatic carbocycles. The molecular formula is C9H8N4. The minimum Gasteiger partial charge on any atom is -0.192 e. The Morgan fingerprint density at radius 1 is 1.62 bits per heavy atom. The standard InChI is InChI=1S/C9H8N4/c1-7-3-2-4-8(6-12-13-11)9(7)5-10/h2-4H,6H2,1H3. The quantitative estimate of drug-likeness (QED) is 0.384. The van der Waals surface area contributed by atoms with Crippen LogP contribution in [-0.4, -0.2) is 0 Å². The molecule has 0 aliphatic carbocycles. The van der Waals surface area contributed by atoms with Gasteiger partial charge in [0, 0.05) is 4.91 Å². The summed E-state index contributed by atoms with van der Waals surface area (Å²) in [6.07, 6.45) is 0. The lowest BCUT2D eigenvalue weighted by atomic mass is 10.0. The molecule has 0 aliphatic rings. The van der Waals surface area contributed by atoms with Crippen LogP contribution < -0.4 is 0 Å². The van der Waals surface area contributed by atoms with Crippen molar-refractivity contribution in [2.45, 2.75) is 13.5 Å². The monoisotopic (exact) mass is 172 g/mol. The second-order valence-electron chi connectivity index (χ2n) is 2.61. The molecular weight excluding hydrogens is 164 g/mol. The Labute approximate surface area is 76.1 Å². The molecule has 0 unspecified atom stereocenters. The highest BCUT2D eigenvalue weighted by Crippen LogP contribution is 2.13. The summed E-state index contributed by atoms with van der Waals surface area (Å²) in [5.74, 6) is 0. The third kappa shape index (κ3) is 1.98. The molecule has 0 fully saturated rings. The van der Waals surface area contributed by atoms with Crippen LogP contribution in [0.2, 0.25) is 0 Å². The van der Waals surface area contributed by atoms with Gasteiger partial charge >= 0.3 is 0 Å². The molecule has 0 amide bonds. The number of nitrogens with zero attached hydrogens (tertiary/aromatic N) is 4. The van der Waals surface area contributed by atoms with E-state index in [4.69, 9.17) is 10.8 Å². The van der Waals surface area contributed by atoms with Crippen LogP contribution in [0.1, 0.15) is 16.7 Å². The lowest BCUT2D eigenvalue weighted by Gasteiger charge is -2.01. The molecule has 4 heteroatoms. The lowest BCUT2D eigenvalue weighted by molar-refractivity contribution is 1.03. The van der Waals surface area contributed by atoms with E-state index in [-0.39, 0.29) is 6.54 Å². The highest BCUT2D eigenvalue weighted by Gasteiger charge is 2.02. The maximum Gasteiger partial charge on any atom is 0.0997 e. The van der Waals surface area contributed by atoms with Gasteiger partial charge < -0.3 is 0 Å². The molecule has 0 aliphatic heterocycles. The first-order valence-corrected chi connectivity index (χ1v) is 3.79. The second-order valence-corrected chi connectivity index (χ2v) is 2.61. The van der Waals surface area contributed by atoms with Gasteiger partial charge in [-0.25, -0.2) is 0 Å². The van der Waals surface area contributed by atoms with Gasteiger partial charge in [0.2, 0.25) is 0 Å². The van der Waals surface area contributed by atoms with Gasteiger partial charge in [0.1, 0.15) is 0 Å². The predicted molar refractivity (Wildman–Crippen MR) is 48.7 cm³/mol. The summed E-state index contributed by atoms with van der Waals surface area (Å²) < 4.78 is 0. The topological polar surface area (TPSA) is 72.6 Å². The van der Waals surface area contributed by atoms with Gasteiger partial charge in [-0.3, -0.25) is 0 Å². The molecule has 0 N–H and O–H groups in total. The van der Waals surface area contributed by atoms with Crippen molar-refractivity contribution in [2.75, 3.05) is 0 Å². The molecule has 0 saturated heterocycles. The fraction of sp³-hybridized carbons (Fsp3) is 0.222. The fourth-order valence-corrected chi connectivity index (χ4v) is 1.13. The molecule has 1 rings (SSSR count). The Balaban J connectivity index is 3.14. The normalized spacial score (nSPS) is 8.62. The van der Waals surface area contributed by atoms with Crippen LogP contribution in [0.25, 0.3) is 10.4 Å². The van der Waals surface area contributed by atoms with Gasteiger partial charge in [0.15, 0.2) is 0 Å². The summed E-state index contributed by atoms with van der Waals surface area (Å²) in [6, 6.07) is 7.59. The molecule has 0 radical (unpaired) electrons. The molecule has 13 heavy (non-hydrogen) atoms. The first-order valence-electron chi connectivity index (χ1n) is 3.79. The molecule has 1 aromatic rings. The molecule has 0 saturated carbocycles. The Morgan fingerprint density at radius 2 is 2.38 bits per heavy atom. The van der Waals surface area contributed by atoms with E-state index in [1.54, 1.807) is 6.07 Å². The summed E-state index contributed by atoms with van der Waals surface area (Å²) in [5, 5.41) is 12.2. The summed E-state index contributed by atoms with van der Waals surface area (Å²) in [7, 11) is 0. The molecule has 0 atom stereocenters. The van der Waals surface area contributed by atoms with Crippen molar-refractivity contribution in [3.63, 3.8) is 0 Å². The smallest absolute Gasteiger partial charge is 0.0997 e. The zero-order valence-corrected chi connectivity index (χ0v) is 7.23. The number of hydrogen-bond donors (Lipinski definition) is 0. The van der Waals surface area contributed by atoms with Crippen molar-refractivity contribution >= 4 is 0 Å². The van der Waals surface area contributed by atoms with E-state index in [2.05, 4.69) is 16.1 Å². The van der Waals surface area contributed by atoms with E-state index in [0.717, 1.165) is 11.1 Å². The molecule has 0 aromatic heterocycles. The van der Waals surface area contributed by atoms with Crippen molar-refractivity contribution in [1.29, 1.82) is 5.26 Å². The van der Waals surface area contributed by atoms with Crippen LogP contribution in [0.15, 0.2) is 23.3 Å². The van der Waals surface area contributed by atoms with E-state index in [1.807, 2.05) is 19.1 Å². The van der Waals surface area contributed by atoms with Crippen LogP contribution in [0.5, 0.6) is 0 Å². The third-order valence-electron chi connectivity index (χ3n) is 1.78. The molecule has 0 heterocycles. The van der Waals surface area contributed by atoms with Crippen molar-refractivity contribution in [1.82, 2.24) is 0 Å². The van der Waals surface area contributed by atoms with Crippen LogP contribution >= 0.6 is 0 Å². The minimum atomic E-state index is 0.237. The van der Waals surface area contributed by atoms with Crippen LogP contribution in [0.3, 0.4) is 0 Å². The maximum absolute atomic E-state index is 8.81. The highest BCUT2D eigenvalue weighted by molar-refractivity contribution is 5.43. The SMILES string of the molecule is Cc1cccc(CN=[N+]=[N-])c1C#N. The maximum atomic E-state index is 8.81. The third-order valence-corrected chi connectivity index (χ3v) is 1.78. The minimum absolute atomic E-state index is 0.237. The van der Waals surface area contributed by atoms with Gasteiger partial charge in [-0.05, 0) is 23.6 Å². The van der Waals surface area contributed by atoms with Crippen molar-refractivity contribution < 1.29 is 0 Å². The van der Waals surface area contributed by atoms with Gasteiger partial charge in [-0.2, -0.15) is 5.26 Å². The fourth-order valence-electron chi connectivity index (χ4n) is 1.13. The molecule has 4 nitrogen and oxygen atoms in total. The Morgan fingerprint density at radius 3 is 3.00 bits per heavy atom. The number of aryl methyl sites for hydroxylation is 1. The summed E-state index contributed by atoms with van der Waals surface area (Å²) in [4.78, 5) is 2.65. The number of hydrogen-bond acceptors (Lipinski definition) is 2. The molecule has 0 spiro atoms. The van der Waals surface area contributed by atoms with Gasteiger partial charge in [0.25, 0.3) is 0 Å². The predicted octanol–water partition coefficient (Wildman–Crippen LogP) is 2.68. The summed E-state index contributed by atoms with van der Waals surface area (Å²) in [5.41, 5.74) is 10.4. The number of azide groups is 1. The van der Waals surface area contributed by atoms with Crippen molar-refractivity contribution in [2.24, 2.45) is 5.11 Å². The molecule has 64 valence electrons.